The van der Waals surface area contributed by atoms with Gasteiger partial charge in [-0.3, -0.25) is 9.59 Å². The highest BCUT2D eigenvalue weighted by Gasteiger charge is 2.37. The van der Waals surface area contributed by atoms with Crippen LogP contribution >= 0.6 is 11.8 Å². The third-order valence-electron chi connectivity index (χ3n) is 5.06. The van der Waals surface area contributed by atoms with Gasteiger partial charge in [0.25, 0.3) is 5.91 Å². The number of hydrogen-bond acceptors (Lipinski definition) is 5. The summed E-state index contributed by atoms with van der Waals surface area (Å²) in [7, 11) is 1.65. The van der Waals surface area contributed by atoms with Crippen LogP contribution in [0.3, 0.4) is 0 Å². The number of methoxy groups -OCH3 is 1. The van der Waals surface area contributed by atoms with Crippen molar-refractivity contribution in [1.29, 1.82) is 0 Å². The second kappa shape index (κ2) is 9.46. The SMILES string of the molecule is CO[C@@H]1CN(C(=O)c2cc(C)ccc2C)C[C@H]1Oc1cccc(CSC(C)=O)c1. The number of nitrogens with zero attached hydrogens (tertiary/aromatic N) is 1. The summed E-state index contributed by atoms with van der Waals surface area (Å²) in [6, 6.07) is 13.6. The molecule has 2 aromatic carbocycles. The molecule has 1 saturated heterocycles. The van der Waals surface area contributed by atoms with Crippen molar-refractivity contribution in [1.82, 2.24) is 4.90 Å². The maximum absolute atomic E-state index is 13.1. The fraction of sp³-hybridized carbons (Fsp3) is 0.391. The van der Waals surface area contributed by atoms with Crippen molar-refractivity contribution in [3.05, 3.63) is 64.7 Å². The first kappa shape index (κ1) is 21.4. The first-order valence-corrected chi connectivity index (χ1v) is 10.6. The Bertz CT molecular complexity index is 898. The number of ether oxygens (including phenoxy) is 2. The van der Waals surface area contributed by atoms with Gasteiger partial charge in [0.1, 0.15) is 18.0 Å². The second-order valence-corrected chi connectivity index (χ2v) is 8.54. The summed E-state index contributed by atoms with van der Waals surface area (Å²) in [5.41, 5.74) is 3.78. The molecule has 0 aliphatic carbocycles. The molecule has 3 rings (SSSR count). The lowest BCUT2D eigenvalue weighted by Gasteiger charge is -2.19. The van der Waals surface area contributed by atoms with E-state index in [-0.39, 0.29) is 23.2 Å². The van der Waals surface area contributed by atoms with E-state index in [1.54, 1.807) is 18.9 Å². The van der Waals surface area contributed by atoms with E-state index < -0.39 is 0 Å². The zero-order valence-electron chi connectivity index (χ0n) is 17.3. The minimum absolute atomic E-state index is 0.00552. The Morgan fingerprint density at radius 3 is 2.59 bits per heavy atom. The van der Waals surface area contributed by atoms with Gasteiger partial charge in [-0.1, -0.05) is 41.6 Å². The second-order valence-electron chi connectivity index (χ2n) is 7.39. The predicted octanol–water partition coefficient (Wildman–Crippen LogP) is 4.00. The third-order valence-corrected chi connectivity index (χ3v) is 5.94. The van der Waals surface area contributed by atoms with E-state index in [0.717, 1.165) is 28.0 Å². The molecule has 1 aliphatic rings. The molecule has 1 heterocycles. The van der Waals surface area contributed by atoms with Crippen molar-refractivity contribution < 1.29 is 19.1 Å². The molecule has 1 amide bonds. The van der Waals surface area contributed by atoms with Crippen LogP contribution in [0, 0.1) is 13.8 Å². The standard InChI is InChI=1S/C23H27NO4S/c1-15-8-9-16(2)20(10-15)23(26)24-12-21(27-4)22(13-24)28-19-7-5-6-18(11-19)14-29-17(3)25/h5-11,21-22H,12-14H2,1-4H3/t21-,22-/m1/s1. The number of carbonyl (C=O) groups is 2. The summed E-state index contributed by atoms with van der Waals surface area (Å²) in [4.78, 5) is 26.1. The van der Waals surface area contributed by atoms with E-state index in [4.69, 9.17) is 9.47 Å². The van der Waals surface area contributed by atoms with Gasteiger partial charge >= 0.3 is 0 Å². The average molecular weight is 414 g/mol. The van der Waals surface area contributed by atoms with Gasteiger partial charge in [-0.25, -0.2) is 0 Å². The number of amides is 1. The highest BCUT2D eigenvalue weighted by atomic mass is 32.2. The number of carbonyl (C=O) groups excluding carboxylic acids is 2. The normalized spacial score (nSPS) is 18.7. The lowest BCUT2D eigenvalue weighted by atomic mass is 10.0. The Balaban J connectivity index is 1.71. The lowest BCUT2D eigenvalue weighted by molar-refractivity contribution is -0.109. The lowest BCUT2D eigenvalue weighted by Crippen LogP contribution is -2.32. The minimum Gasteiger partial charge on any atom is -0.486 e. The summed E-state index contributed by atoms with van der Waals surface area (Å²) < 4.78 is 11.8. The Morgan fingerprint density at radius 1 is 1.10 bits per heavy atom. The number of likely N-dealkylation sites (tertiary alicyclic amines) is 1. The van der Waals surface area contributed by atoms with E-state index in [1.807, 2.05) is 56.3 Å². The molecular weight excluding hydrogens is 386 g/mol. The maximum Gasteiger partial charge on any atom is 0.254 e. The van der Waals surface area contributed by atoms with Crippen LogP contribution in [-0.2, 0) is 15.3 Å². The first-order chi connectivity index (χ1) is 13.9. The Kier molecular flexibility index (Phi) is 6.98. The Hall–Kier alpha value is -2.31. The quantitative estimate of drug-likeness (QED) is 0.716. The third kappa shape index (κ3) is 5.40. The van der Waals surface area contributed by atoms with Crippen molar-refractivity contribution in [2.45, 2.75) is 38.7 Å². The Labute approximate surface area is 176 Å². The maximum atomic E-state index is 13.1. The summed E-state index contributed by atoms with van der Waals surface area (Å²) in [5, 5.41) is 0.0900. The van der Waals surface area contributed by atoms with Crippen molar-refractivity contribution in [2.75, 3.05) is 20.2 Å². The molecule has 0 spiro atoms. The van der Waals surface area contributed by atoms with E-state index >= 15 is 0 Å². The molecule has 0 unspecified atom stereocenters. The molecule has 0 saturated carbocycles. The molecule has 29 heavy (non-hydrogen) atoms. The highest BCUT2D eigenvalue weighted by molar-refractivity contribution is 8.12. The van der Waals surface area contributed by atoms with Crippen LogP contribution < -0.4 is 4.74 Å². The van der Waals surface area contributed by atoms with Gasteiger partial charge in [-0.15, -0.1) is 0 Å². The van der Waals surface area contributed by atoms with E-state index in [9.17, 15) is 9.59 Å². The van der Waals surface area contributed by atoms with E-state index in [2.05, 4.69) is 0 Å². The van der Waals surface area contributed by atoms with E-state index in [1.165, 1.54) is 11.8 Å². The molecule has 0 N–H and O–H groups in total. The number of benzene rings is 2. The number of rotatable bonds is 6. The molecule has 0 bridgehead atoms. The molecule has 0 radical (unpaired) electrons. The van der Waals surface area contributed by atoms with Crippen molar-refractivity contribution in [2.24, 2.45) is 0 Å². The largest absolute Gasteiger partial charge is 0.486 e. The summed E-state index contributed by atoms with van der Waals surface area (Å²) in [5.74, 6) is 1.34. The van der Waals surface area contributed by atoms with Gasteiger partial charge < -0.3 is 14.4 Å². The van der Waals surface area contributed by atoms with Crippen LogP contribution in [0.2, 0.25) is 0 Å². The van der Waals surface area contributed by atoms with Crippen LogP contribution in [0.4, 0.5) is 0 Å². The van der Waals surface area contributed by atoms with Gasteiger partial charge in [-0.2, -0.15) is 0 Å². The van der Waals surface area contributed by atoms with Gasteiger partial charge in [0.05, 0.1) is 13.1 Å². The van der Waals surface area contributed by atoms with E-state index in [0.29, 0.717) is 18.8 Å². The highest BCUT2D eigenvalue weighted by Crippen LogP contribution is 2.25. The number of aryl methyl sites for hydroxylation is 2. The fourth-order valence-corrected chi connectivity index (χ4v) is 4.00. The zero-order chi connectivity index (χ0) is 21.0. The number of hydrogen-bond donors (Lipinski definition) is 0. The summed E-state index contributed by atoms with van der Waals surface area (Å²) in [6.07, 6.45) is -0.441. The van der Waals surface area contributed by atoms with Crippen LogP contribution in [-0.4, -0.2) is 48.3 Å². The molecule has 154 valence electrons. The van der Waals surface area contributed by atoms with Crippen LogP contribution in [0.1, 0.15) is 34.0 Å². The van der Waals surface area contributed by atoms with Gasteiger partial charge in [-0.05, 0) is 43.2 Å². The molecule has 2 atom stereocenters. The van der Waals surface area contributed by atoms with Gasteiger partial charge in [0.15, 0.2) is 5.12 Å². The summed E-state index contributed by atoms with van der Waals surface area (Å²) in [6.45, 7) is 6.47. The topological polar surface area (TPSA) is 55.8 Å². The van der Waals surface area contributed by atoms with Crippen molar-refractivity contribution in [3.63, 3.8) is 0 Å². The average Bonchev–Trinajstić information content (AvgIpc) is 3.10. The Morgan fingerprint density at radius 2 is 1.86 bits per heavy atom. The van der Waals surface area contributed by atoms with Gasteiger partial charge in [0.2, 0.25) is 0 Å². The van der Waals surface area contributed by atoms with Crippen LogP contribution in [0.5, 0.6) is 5.75 Å². The molecule has 6 heteroatoms. The zero-order valence-corrected chi connectivity index (χ0v) is 18.1. The first-order valence-electron chi connectivity index (χ1n) is 9.65. The molecular formula is C23H27NO4S. The molecule has 1 aliphatic heterocycles. The predicted molar refractivity (Wildman–Crippen MR) is 115 cm³/mol. The molecule has 5 nitrogen and oxygen atoms in total. The van der Waals surface area contributed by atoms with Crippen LogP contribution in [0.25, 0.3) is 0 Å². The molecule has 2 aromatic rings. The van der Waals surface area contributed by atoms with Crippen molar-refractivity contribution in [3.8, 4) is 5.75 Å². The fourth-order valence-electron chi connectivity index (χ4n) is 3.45. The molecule has 0 aromatic heterocycles. The number of thioether (sulfide) groups is 1. The monoisotopic (exact) mass is 413 g/mol. The smallest absolute Gasteiger partial charge is 0.254 e. The van der Waals surface area contributed by atoms with Gasteiger partial charge in [0, 0.05) is 25.3 Å². The van der Waals surface area contributed by atoms with Crippen molar-refractivity contribution >= 4 is 22.8 Å². The minimum atomic E-state index is -0.246. The molecule has 1 fully saturated rings. The van der Waals surface area contributed by atoms with Crippen LogP contribution in [0.15, 0.2) is 42.5 Å². The summed E-state index contributed by atoms with van der Waals surface area (Å²) >= 11 is 1.27.